The van der Waals surface area contributed by atoms with E-state index in [0.717, 1.165) is 11.8 Å². The fraction of sp³-hybridized carbons (Fsp3) is 0.273. The first-order valence-corrected chi connectivity index (χ1v) is 7.96. The molecular formula is C11H11NO5S2. The van der Waals surface area contributed by atoms with Crippen molar-refractivity contribution in [3.8, 4) is 0 Å². The zero-order chi connectivity index (χ0) is 13.7. The van der Waals surface area contributed by atoms with E-state index in [-0.39, 0.29) is 10.8 Å². The third-order valence-electron chi connectivity index (χ3n) is 2.15. The highest BCUT2D eigenvalue weighted by Gasteiger charge is 2.22. The minimum absolute atomic E-state index is 0.0807. The topological polar surface area (TPSA) is 82.0 Å². The normalized spacial score (nSPS) is 18.1. The fourth-order valence-electron chi connectivity index (χ4n) is 1.35. The molecule has 0 bridgehead atoms. The number of carbonyl (C=O) groups is 1. The molecule has 0 N–H and O–H groups in total. The van der Waals surface area contributed by atoms with Gasteiger partial charge in [-0.25, -0.2) is 4.79 Å². The van der Waals surface area contributed by atoms with Crippen LogP contribution in [0, 0.1) is 0 Å². The Hall–Kier alpha value is -1.54. The molecule has 1 heterocycles. The van der Waals surface area contributed by atoms with Gasteiger partial charge >= 0.3 is 16.1 Å². The van der Waals surface area contributed by atoms with Gasteiger partial charge in [-0.15, -0.1) is 0 Å². The maximum absolute atomic E-state index is 11.7. The van der Waals surface area contributed by atoms with Crippen LogP contribution < -0.4 is 0 Å². The predicted molar refractivity (Wildman–Crippen MR) is 71.0 cm³/mol. The van der Waals surface area contributed by atoms with Crippen LogP contribution in [0.3, 0.4) is 0 Å². The smallest absolute Gasteiger partial charge is 0.367 e. The summed E-state index contributed by atoms with van der Waals surface area (Å²) in [5.74, 6) is -0.428. The van der Waals surface area contributed by atoms with Gasteiger partial charge in [0, 0.05) is 5.75 Å². The highest BCUT2D eigenvalue weighted by Crippen LogP contribution is 2.14. The van der Waals surface area contributed by atoms with E-state index in [4.69, 9.17) is 4.74 Å². The number of hydrogen-bond donors (Lipinski definition) is 0. The number of cyclic esters (lactones) is 1. The Morgan fingerprint density at radius 2 is 2.05 bits per heavy atom. The molecule has 0 saturated carbocycles. The Kier molecular flexibility index (Phi) is 4.43. The molecule has 0 aliphatic carbocycles. The second kappa shape index (κ2) is 6.07. The maximum atomic E-state index is 11.7. The lowest BCUT2D eigenvalue weighted by Crippen LogP contribution is -2.23. The van der Waals surface area contributed by atoms with E-state index >= 15 is 0 Å². The number of carbonyl (C=O) groups excluding carboxylic acids is 1. The standard InChI is InChI=1S/C11H11NO5S2/c13-11-10(18-7-6-16-11)12-17-19(14,15)8-9-4-2-1-3-5-9/h1-5H,6-8H2/b12-10-. The number of esters is 1. The number of hydrogen-bond acceptors (Lipinski definition) is 7. The number of nitrogens with zero attached hydrogens (tertiary/aromatic N) is 1. The van der Waals surface area contributed by atoms with Crippen LogP contribution in [0.2, 0.25) is 0 Å². The molecule has 1 aromatic carbocycles. The van der Waals surface area contributed by atoms with Gasteiger partial charge < -0.3 is 4.74 Å². The number of benzene rings is 1. The van der Waals surface area contributed by atoms with Crippen molar-refractivity contribution < 1.29 is 22.2 Å². The summed E-state index contributed by atoms with van der Waals surface area (Å²) < 4.78 is 32.5. The first-order chi connectivity index (χ1) is 9.07. The molecule has 1 fully saturated rings. The lowest BCUT2D eigenvalue weighted by atomic mass is 10.2. The monoisotopic (exact) mass is 301 g/mol. The average molecular weight is 301 g/mol. The zero-order valence-corrected chi connectivity index (χ0v) is 11.4. The molecule has 0 spiro atoms. The van der Waals surface area contributed by atoms with Crippen molar-refractivity contribution in [3.63, 3.8) is 0 Å². The second-order valence-electron chi connectivity index (χ2n) is 3.64. The molecule has 102 valence electrons. The van der Waals surface area contributed by atoms with Gasteiger partial charge in [0.2, 0.25) is 5.04 Å². The van der Waals surface area contributed by atoms with Crippen molar-refractivity contribution >= 4 is 32.9 Å². The van der Waals surface area contributed by atoms with Crippen LogP contribution in [0.4, 0.5) is 0 Å². The van der Waals surface area contributed by atoms with E-state index in [9.17, 15) is 13.2 Å². The van der Waals surface area contributed by atoms with Crippen LogP contribution in [-0.2, 0) is 29.7 Å². The molecule has 2 rings (SSSR count). The second-order valence-corrected chi connectivity index (χ2v) is 6.28. The van der Waals surface area contributed by atoms with Crippen molar-refractivity contribution in [2.24, 2.45) is 5.16 Å². The predicted octanol–water partition coefficient (Wildman–Crippen LogP) is 1.14. The van der Waals surface area contributed by atoms with Gasteiger partial charge in [0.15, 0.2) is 0 Å². The Balaban J connectivity index is 2.01. The molecule has 1 aromatic rings. The summed E-state index contributed by atoms with van der Waals surface area (Å²) >= 11 is 1.10. The lowest BCUT2D eigenvalue weighted by Gasteiger charge is -2.11. The number of ether oxygens (including phenoxy) is 1. The zero-order valence-electron chi connectivity index (χ0n) is 9.81. The van der Waals surface area contributed by atoms with Crippen molar-refractivity contribution in [2.75, 3.05) is 12.4 Å². The van der Waals surface area contributed by atoms with Gasteiger partial charge in [0.25, 0.3) is 0 Å². The Morgan fingerprint density at radius 3 is 2.74 bits per heavy atom. The summed E-state index contributed by atoms with van der Waals surface area (Å²) in [4.78, 5) is 11.2. The summed E-state index contributed by atoms with van der Waals surface area (Å²) in [6.07, 6.45) is 0. The van der Waals surface area contributed by atoms with E-state index in [0.29, 0.717) is 17.9 Å². The molecule has 0 atom stereocenters. The highest BCUT2D eigenvalue weighted by atomic mass is 32.2. The first kappa shape index (κ1) is 13.9. The van der Waals surface area contributed by atoms with Crippen LogP contribution in [0.15, 0.2) is 35.5 Å². The molecule has 8 heteroatoms. The first-order valence-electron chi connectivity index (χ1n) is 5.40. The highest BCUT2D eigenvalue weighted by molar-refractivity contribution is 8.15. The maximum Gasteiger partial charge on any atom is 0.367 e. The van der Waals surface area contributed by atoms with Crippen LogP contribution in [-0.4, -0.2) is 31.8 Å². The molecule has 1 saturated heterocycles. The van der Waals surface area contributed by atoms with Crippen LogP contribution >= 0.6 is 11.8 Å². The Bertz CT molecular complexity index is 582. The molecule has 0 aromatic heterocycles. The molecule has 1 aliphatic heterocycles. The summed E-state index contributed by atoms with van der Waals surface area (Å²) in [7, 11) is -3.87. The van der Waals surface area contributed by atoms with Gasteiger partial charge in [-0.05, 0) is 5.56 Å². The van der Waals surface area contributed by atoms with Gasteiger partial charge in [0.1, 0.15) is 12.4 Å². The Labute approximate surface area is 114 Å². The molecule has 0 radical (unpaired) electrons. The minimum atomic E-state index is -3.87. The van der Waals surface area contributed by atoms with Gasteiger partial charge in [-0.1, -0.05) is 47.2 Å². The Morgan fingerprint density at radius 1 is 1.32 bits per heavy atom. The summed E-state index contributed by atoms with van der Waals surface area (Å²) in [6.45, 7) is 0.291. The van der Waals surface area contributed by atoms with Crippen LogP contribution in [0.25, 0.3) is 0 Å². The van der Waals surface area contributed by atoms with Crippen molar-refractivity contribution in [1.82, 2.24) is 0 Å². The molecule has 0 amide bonds. The van der Waals surface area contributed by atoms with Crippen molar-refractivity contribution in [3.05, 3.63) is 35.9 Å². The largest absolute Gasteiger partial charge is 0.460 e. The van der Waals surface area contributed by atoms with Gasteiger partial charge in [0.05, 0.1) is 0 Å². The van der Waals surface area contributed by atoms with Gasteiger partial charge in [-0.3, -0.25) is 4.28 Å². The third kappa shape index (κ3) is 4.25. The molecule has 6 nitrogen and oxygen atoms in total. The summed E-state index contributed by atoms with van der Waals surface area (Å²) in [5.41, 5.74) is 0.585. The fourth-order valence-corrected chi connectivity index (χ4v) is 2.87. The lowest BCUT2D eigenvalue weighted by molar-refractivity contribution is -0.135. The van der Waals surface area contributed by atoms with E-state index < -0.39 is 16.1 Å². The third-order valence-corrected chi connectivity index (χ3v) is 4.02. The van der Waals surface area contributed by atoms with Crippen LogP contribution in [0.5, 0.6) is 0 Å². The van der Waals surface area contributed by atoms with Crippen molar-refractivity contribution in [2.45, 2.75) is 5.75 Å². The average Bonchev–Trinajstić information content (AvgIpc) is 2.38. The molecule has 0 unspecified atom stereocenters. The van der Waals surface area contributed by atoms with Gasteiger partial charge in [-0.2, -0.15) is 8.42 Å². The number of thioether (sulfide) groups is 1. The SMILES string of the molecule is O=C1OCCS/C1=N\OS(=O)(=O)Cc1ccccc1. The molecular weight excluding hydrogens is 290 g/mol. The minimum Gasteiger partial charge on any atom is -0.460 e. The molecule has 19 heavy (non-hydrogen) atoms. The number of oxime groups is 1. The van der Waals surface area contributed by atoms with E-state index in [1.54, 1.807) is 30.3 Å². The van der Waals surface area contributed by atoms with Crippen molar-refractivity contribution in [1.29, 1.82) is 0 Å². The van der Waals surface area contributed by atoms with Crippen LogP contribution in [0.1, 0.15) is 5.56 Å². The van der Waals surface area contributed by atoms with E-state index in [2.05, 4.69) is 9.44 Å². The quantitative estimate of drug-likeness (QED) is 0.612. The van der Waals surface area contributed by atoms with E-state index in [1.807, 2.05) is 0 Å². The number of rotatable bonds is 4. The summed E-state index contributed by atoms with van der Waals surface area (Å²) in [5, 5.41) is 3.27. The summed E-state index contributed by atoms with van der Waals surface area (Å²) in [6, 6.07) is 8.57. The van der Waals surface area contributed by atoms with E-state index in [1.165, 1.54) is 0 Å². The molecule has 1 aliphatic rings.